The molecule has 0 aromatic carbocycles. The van der Waals surface area contributed by atoms with Crippen molar-refractivity contribution < 1.29 is 13.3 Å². The highest BCUT2D eigenvalue weighted by Crippen LogP contribution is 2.19. The van der Waals surface area contributed by atoms with Gasteiger partial charge < -0.3 is 0 Å². The summed E-state index contributed by atoms with van der Waals surface area (Å²) in [6.07, 6.45) is 5.33. The number of halogens is 2. The SMILES string of the molecule is Cc1n(CCCCC(C)(F)F)cc[n+]1C. The molecule has 0 aliphatic carbocycles. The lowest BCUT2D eigenvalue weighted by Gasteiger charge is -2.08. The number of aromatic nitrogens is 2. The average Bonchev–Trinajstić information content (AvgIpc) is 2.42. The number of imidazole rings is 1. The molecule has 0 saturated heterocycles. The molecule has 1 aromatic rings. The molecule has 2 nitrogen and oxygen atoms in total. The Morgan fingerprint density at radius 2 is 2.07 bits per heavy atom. The predicted octanol–water partition coefficient (Wildman–Crippen LogP) is 2.45. The maximum absolute atomic E-state index is 12.5. The fourth-order valence-electron chi connectivity index (χ4n) is 1.55. The first kappa shape index (κ1) is 12.1. The quantitative estimate of drug-likeness (QED) is 0.529. The molecular weight excluding hydrogens is 198 g/mol. The zero-order valence-corrected chi connectivity index (χ0v) is 9.63. The van der Waals surface area contributed by atoms with Gasteiger partial charge in [-0.05, 0) is 19.8 Å². The third kappa shape index (κ3) is 3.98. The second-order valence-corrected chi connectivity index (χ2v) is 4.18. The van der Waals surface area contributed by atoms with Crippen LogP contribution in [0.25, 0.3) is 0 Å². The Morgan fingerprint density at radius 3 is 2.53 bits per heavy atom. The molecule has 0 saturated carbocycles. The first-order chi connectivity index (χ1) is 6.90. The highest BCUT2D eigenvalue weighted by Gasteiger charge is 2.20. The Balaban J connectivity index is 2.30. The van der Waals surface area contributed by atoms with Crippen molar-refractivity contribution in [3.8, 4) is 0 Å². The normalized spacial score (nSPS) is 12.1. The lowest BCUT2D eigenvalue weighted by Crippen LogP contribution is -2.29. The second kappa shape index (κ2) is 4.73. The predicted molar refractivity (Wildman–Crippen MR) is 54.8 cm³/mol. The van der Waals surface area contributed by atoms with Crippen LogP contribution in [0.1, 0.15) is 32.0 Å². The van der Waals surface area contributed by atoms with Crippen LogP contribution in [-0.4, -0.2) is 10.5 Å². The Morgan fingerprint density at radius 1 is 1.40 bits per heavy atom. The van der Waals surface area contributed by atoms with Gasteiger partial charge in [0.1, 0.15) is 12.4 Å². The van der Waals surface area contributed by atoms with Gasteiger partial charge in [-0.1, -0.05) is 0 Å². The Labute approximate surface area is 89.5 Å². The lowest BCUT2D eigenvalue weighted by molar-refractivity contribution is -0.677. The van der Waals surface area contributed by atoms with Crippen LogP contribution >= 0.6 is 0 Å². The molecule has 15 heavy (non-hydrogen) atoms. The summed E-state index contributed by atoms with van der Waals surface area (Å²) in [7, 11) is 1.98. The van der Waals surface area contributed by atoms with E-state index in [2.05, 4.69) is 4.57 Å². The van der Waals surface area contributed by atoms with Gasteiger partial charge in [0.15, 0.2) is 0 Å². The summed E-state index contributed by atoms with van der Waals surface area (Å²) in [5.74, 6) is -1.37. The standard InChI is InChI=1S/C11H19F2N2/c1-10-14(3)8-9-15(10)7-5-4-6-11(2,12)13/h8-9H,4-7H2,1-3H3/q+1. The Kier molecular flexibility index (Phi) is 3.83. The molecular formula is C11H19F2N2+. The molecule has 1 aromatic heterocycles. The molecule has 0 radical (unpaired) electrons. The minimum absolute atomic E-state index is 0.0144. The van der Waals surface area contributed by atoms with Gasteiger partial charge in [-0.2, -0.15) is 0 Å². The summed E-state index contributed by atoms with van der Waals surface area (Å²) in [6, 6.07) is 0. The van der Waals surface area contributed by atoms with Gasteiger partial charge in [-0.3, -0.25) is 0 Å². The van der Waals surface area contributed by atoms with Crippen LogP contribution in [0.2, 0.25) is 0 Å². The van der Waals surface area contributed by atoms with Crippen molar-refractivity contribution in [2.75, 3.05) is 0 Å². The van der Waals surface area contributed by atoms with Crippen LogP contribution in [0.15, 0.2) is 12.4 Å². The van der Waals surface area contributed by atoms with E-state index in [-0.39, 0.29) is 6.42 Å². The molecule has 0 N–H and O–H groups in total. The molecule has 0 aliphatic heterocycles. The topological polar surface area (TPSA) is 8.81 Å². The summed E-state index contributed by atoms with van der Waals surface area (Å²) >= 11 is 0. The number of aryl methyl sites for hydroxylation is 2. The van der Waals surface area contributed by atoms with Crippen molar-refractivity contribution in [2.24, 2.45) is 7.05 Å². The number of alkyl halides is 2. The largest absolute Gasteiger partial charge is 0.253 e. The van der Waals surface area contributed by atoms with Crippen LogP contribution in [-0.2, 0) is 13.6 Å². The minimum Gasteiger partial charge on any atom is -0.237 e. The van der Waals surface area contributed by atoms with Crippen LogP contribution in [0.4, 0.5) is 8.78 Å². The smallest absolute Gasteiger partial charge is 0.237 e. The van der Waals surface area contributed by atoms with Gasteiger partial charge >= 0.3 is 0 Å². The third-order valence-electron chi connectivity index (χ3n) is 2.66. The van der Waals surface area contributed by atoms with Gasteiger partial charge in [0, 0.05) is 13.3 Å². The zero-order chi connectivity index (χ0) is 11.5. The monoisotopic (exact) mass is 217 g/mol. The minimum atomic E-state index is -2.52. The van der Waals surface area contributed by atoms with Crippen LogP contribution in [0.3, 0.4) is 0 Å². The van der Waals surface area contributed by atoms with Crippen molar-refractivity contribution in [3.63, 3.8) is 0 Å². The molecule has 0 bridgehead atoms. The first-order valence-corrected chi connectivity index (χ1v) is 5.29. The van der Waals surface area contributed by atoms with E-state index in [0.717, 1.165) is 25.7 Å². The van der Waals surface area contributed by atoms with Crippen molar-refractivity contribution in [1.82, 2.24) is 4.57 Å². The number of hydrogen-bond donors (Lipinski definition) is 0. The second-order valence-electron chi connectivity index (χ2n) is 4.18. The number of rotatable bonds is 5. The molecule has 0 atom stereocenters. The third-order valence-corrected chi connectivity index (χ3v) is 2.66. The van der Waals surface area contributed by atoms with E-state index in [1.807, 2.05) is 30.9 Å². The van der Waals surface area contributed by atoms with Crippen molar-refractivity contribution >= 4 is 0 Å². The van der Waals surface area contributed by atoms with Gasteiger partial charge in [-0.15, -0.1) is 0 Å². The average molecular weight is 217 g/mol. The van der Waals surface area contributed by atoms with Gasteiger partial charge in [0.2, 0.25) is 5.92 Å². The molecule has 0 aliphatic rings. The summed E-state index contributed by atoms with van der Waals surface area (Å²) in [4.78, 5) is 0. The van der Waals surface area contributed by atoms with Gasteiger partial charge in [-0.25, -0.2) is 17.9 Å². The molecule has 1 heterocycles. The van der Waals surface area contributed by atoms with Crippen molar-refractivity contribution in [2.45, 2.75) is 45.6 Å². The highest BCUT2D eigenvalue weighted by atomic mass is 19.3. The molecule has 1 rings (SSSR count). The summed E-state index contributed by atoms with van der Waals surface area (Å²) in [5.41, 5.74) is 0. The summed E-state index contributed by atoms with van der Waals surface area (Å²) in [6.45, 7) is 3.82. The highest BCUT2D eigenvalue weighted by molar-refractivity contribution is 4.79. The summed E-state index contributed by atoms with van der Waals surface area (Å²) in [5, 5.41) is 0. The van der Waals surface area contributed by atoms with Crippen LogP contribution in [0, 0.1) is 6.92 Å². The molecule has 0 unspecified atom stereocenters. The molecule has 0 amide bonds. The van der Waals surface area contributed by atoms with Gasteiger partial charge in [0.05, 0.1) is 13.6 Å². The number of nitrogens with zero attached hydrogens (tertiary/aromatic N) is 2. The van der Waals surface area contributed by atoms with E-state index in [9.17, 15) is 8.78 Å². The van der Waals surface area contributed by atoms with Crippen LogP contribution < -0.4 is 4.57 Å². The Hall–Kier alpha value is -0.930. The fraction of sp³-hybridized carbons (Fsp3) is 0.727. The maximum Gasteiger partial charge on any atom is 0.253 e. The van der Waals surface area contributed by atoms with Crippen molar-refractivity contribution in [3.05, 3.63) is 18.2 Å². The van der Waals surface area contributed by atoms with Crippen LogP contribution in [0.5, 0.6) is 0 Å². The van der Waals surface area contributed by atoms with E-state index < -0.39 is 5.92 Å². The molecule has 4 heteroatoms. The molecule has 0 spiro atoms. The van der Waals surface area contributed by atoms with E-state index in [0.29, 0.717) is 6.42 Å². The maximum atomic E-state index is 12.5. The van der Waals surface area contributed by atoms with E-state index >= 15 is 0 Å². The van der Waals surface area contributed by atoms with E-state index in [1.54, 1.807) is 0 Å². The van der Waals surface area contributed by atoms with E-state index in [4.69, 9.17) is 0 Å². The van der Waals surface area contributed by atoms with Gasteiger partial charge in [0.25, 0.3) is 5.82 Å². The molecule has 86 valence electrons. The lowest BCUT2D eigenvalue weighted by atomic mass is 10.1. The summed E-state index contributed by atoms with van der Waals surface area (Å²) < 4.78 is 29.2. The van der Waals surface area contributed by atoms with E-state index in [1.165, 1.54) is 0 Å². The van der Waals surface area contributed by atoms with Crippen molar-refractivity contribution in [1.29, 1.82) is 0 Å². The molecule has 0 fully saturated rings. The number of hydrogen-bond acceptors (Lipinski definition) is 0. The Bertz CT molecular complexity index is 313. The zero-order valence-electron chi connectivity index (χ0n) is 9.63. The first-order valence-electron chi connectivity index (χ1n) is 5.29. The number of unbranched alkanes of at least 4 members (excludes halogenated alkanes) is 1. The fourth-order valence-corrected chi connectivity index (χ4v) is 1.55.